The van der Waals surface area contributed by atoms with Gasteiger partial charge < -0.3 is 5.73 Å². The molecule has 2 nitrogen and oxygen atoms in total. The lowest BCUT2D eigenvalue weighted by atomic mass is 10.1. The summed E-state index contributed by atoms with van der Waals surface area (Å²) in [6.45, 7) is 2.77. The number of fused-ring (bicyclic) bond motifs is 1. The first-order chi connectivity index (χ1) is 7.31. The van der Waals surface area contributed by atoms with Crippen LogP contribution in [0.5, 0.6) is 0 Å². The summed E-state index contributed by atoms with van der Waals surface area (Å²) in [6.07, 6.45) is 1.97. The molecule has 1 aromatic carbocycles. The van der Waals surface area contributed by atoms with Crippen molar-refractivity contribution in [1.82, 2.24) is 4.98 Å². The van der Waals surface area contributed by atoms with Crippen molar-refractivity contribution in [3.63, 3.8) is 0 Å². The van der Waals surface area contributed by atoms with Gasteiger partial charge in [-0.15, -0.1) is 0 Å². The maximum Gasteiger partial charge on any atom is 0.0485 e. The molecule has 0 aliphatic rings. The average Bonchev–Trinajstić information content (AvgIpc) is 2.25. The molecule has 0 amide bonds. The van der Waals surface area contributed by atoms with E-state index in [1.807, 2.05) is 6.92 Å². The van der Waals surface area contributed by atoms with Gasteiger partial charge >= 0.3 is 0 Å². The van der Waals surface area contributed by atoms with Crippen molar-refractivity contribution >= 4 is 10.8 Å². The lowest BCUT2D eigenvalue weighted by Crippen LogP contribution is -2.02. The van der Waals surface area contributed by atoms with Crippen LogP contribution >= 0.6 is 0 Å². The first-order valence-electron chi connectivity index (χ1n) is 5.36. The van der Waals surface area contributed by atoms with Gasteiger partial charge in [0, 0.05) is 16.8 Å². The number of nitrogens with zero attached hydrogens (tertiary/aromatic N) is 1. The number of rotatable bonds is 3. The molecule has 0 fully saturated rings. The van der Waals surface area contributed by atoms with Gasteiger partial charge in [-0.3, -0.25) is 4.98 Å². The molecule has 15 heavy (non-hydrogen) atoms. The van der Waals surface area contributed by atoms with Crippen molar-refractivity contribution in [2.24, 2.45) is 5.73 Å². The Kier molecular flexibility index (Phi) is 2.97. The molecule has 2 rings (SSSR count). The molecule has 0 bridgehead atoms. The first kappa shape index (κ1) is 10.1. The lowest BCUT2D eigenvalue weighted by molar-refractivity contribution is 0.813. The van der Waals surface area contributed by atoms with Gasteiger partial charge in [0.15, 0.2) is 0 Å². The highest BCUT2D eigenvalue weighted by Gasteiger charge is 2.02. The molecular weight excluding hydrogens is 184 g/mol. The largest absolute Gasteiger partial charge is 0.330 e. The zero-order valence-electron chi connectivity index (χ0n) is 9.03. The van der Waals surface area contributed by atoms with Gasteiger partial charge in [-0.1, -0.05) is 24.3 Å². The minimum Gasteiger partial charge on any atom is -0.330 e. The van der Waals surface area contributed by atoms with Gasteiger partial charge in [0.25, 0.3) is 0 Å². The van der Waals surface area contributed by atoms with Gasteiger partial charge in [0.1, 0.15) is 0 Å². The molecule has 2 N–H and O–H groups in total. The molecule has 1 heterocycles. The van der Waals surface area contributed by atoms with Gasteiger partial charge in [-0.25, -0.2) is 0 Å². The quantitative estimate of drug-likeness (QED) is 0.826. The predicted molar refractivity (Wildman–Crippen MR) is 63.9 cm³/mol. The van der Waals surface area contributed by atoms with E-state index in [0.29, 0.717) is 0 Å². The smallest absolute Gasteiger partial charge is 0.0485 e. The van der Waals surface area contributed by atoms with Crippen LogP contribution in [0.4, 0.5) is 0 Å². The van der Waals surface area contributed by atoms with Crippen molar-refractivity contribution in [3.05, 3.63) is 41.7 Å². The maximum absolute atomic E-state index is 5.53. The molecule has 78 valence electrons. The molecule has 1 aromatic heterocycles. The summed E-state index contributed by atoms with van der Waals surface area (Å²) in [7, 11) is 0. The van der Waals surface area contributed by atoms with E-state index in [1.165, 1.54) is 16.5 Å². The van der Waals surface area contributed by atoms with E-state index in [4.69, 9.17) is 5.73 Å². The summed E-state index contributed by atoms with van der Waals surface area (Å²) in [5.74, 6) is 0. The van der Waals surface area contributed by atoms with Crippen molar-refractivity contribution in [1.29, 1.82) is 0 Å². The molecule has 0 spiro atoms. The number of aromatic nitrogens is 1. The third-order valence-corrected chi connectivity index (χ3v) is 2.57. The molecule has 0 aliphatic heterocycles. The van der Waals surface area contributed by atoms with Crippen molar-refractivity contribution in [2.45, 2.75) is 19.8 Å². The first-order valence-corrected chi connectivity index (χ1v) is 5.36. The highest BCUT2D eigenvalue weighted by molar-refractivity contribution is 5.84. The summed E-state index contributed by atoms with van der Waals surface area (Å²) < 4.78 is 0. The average molecular weight is 200 g/mol. The molecular formula is C13H16N2. The molecule has 0 aliphatic carbocycles. The SMILES string of the molecule is Cc1cc2ccccc2c(CCCN)n1. The molecule has 0 saturated carbocycles. The predicted octanol–water partition coefficient (Wildman–Crippen LogP) is 2.43. The monoisotopic (exact) mass is 200 g/mol. The zero-order valence-corrected chi connectivity index (χ0v) is 9.03. The van der Waals surface area contributed by atoms with E-state index < -0.39 is 0 Å². The van der Waals surface area contributed by atoms with E-state index in [0.717, 1.165) is 25.1 Å². The summed E-state index contributed by atoms with van der Waals surface area (Å²) in [6, 6.07) is 10.5. The Hall–Kier alpha value is -1.41. The molecule has 0 saturated heterocycles. The second-order valence-corrected chi connectivity index (χ2v) is 3.82. The number of hydrogen-bond donors (Lipinski definition) is 1. The highest BCUT2D eigenvalue weighted by atomic mass is 14.7. The zero-order chi connectivity index (χ0) is 10.7. The fourth-order valence-corrected chi connectivity index (χ4v) is 1.88. The number of nitrogens with two attached hydrogens (primary N) is 1. The van der Waals surface area contributed by atoms with Gasteiger partial charge in [-0.05, 0) is 37.8 Å². The second kappa shape index (κ2) is 4.41. The summed E-state index contributed by atoms with van der Waals surface area (Å²) >= 11 is 0. The van der Waals surface area contributed by atoms with Crippen LogP contribution in [0.2, 0.25) is 0 Å². The Morgan fingerprint density at radius 2 is 2.07 bits per heavy atom. The van der Waals surface area contributed by atoms with Crippen LogP contribution in [0.3, 0.4) is 0 Å². The normalized spacial score (nSPS) is 10.8. The fourth-order valence-electron chi connectivity index (χ4n) is 1.88. The topological polar surface area (TPSA) is 38.9 Å². The summed E-state index contributed by atoms with van der Waals surface area (Å²) in [5.41, 5.74) is 7.79. The Morgan fingerprint density at radius 3 is 2.87 bits per heavy atom. The Morgan fingerprint density at radius 1 is 1.27 bits per heavy atom. The fraction of sp³-hybridized carbons (Fsp3) is 0.308. The molecule has 0 atom stereocenters. The number of pyridine rings is 1. The standard InChI is InChI=1S/C13H16N2/c1-10-9-11-5-2-3-6-12(11)13(15-10)7-4-8-14/h2-3,5-6,9H,4,7-8,14H2,1H3. The summed E-state index contributed by atoms with van der Waals surface area (Å²) in [5, 5.41) is 2.54. The minimum absolute atomic E-state index is 0.726. The lowest BCUT2D eigenvalue weighted by Gasteiger charge is -2.06. The number of aryl methyl sites for hydroxylation is 2. The van der Waals surface area contributed by atoms with Crippen LogP contribution in [0.15, 0.2) is 30.3 Å². The van der Waals surface area contributed by atoms with E-state index in [2.05, 4.69) is 35.3 Å². The highest BCUT2D eigenvalue weighted by Crippen LogP contribution is 2.19. The molecule has 2 heteroatoms. The van der Waals surface area contributed by atoms with Gasteiger partial charge in [0.2, 0.25) is 0 Å². The third kappa shape index (κ3) is 2.16. The number of hydrogen-bond acceptors (Lipinski definition) is 2. The van der Waals surface area contributed by atoms with Crippen LogP contribution in [0, 0.1) is 6.92 Å². The van der Waals surface area contributed by atoms with Crippen molar-refractivity contribution < 1.29 is 0 Å². The van der Waals surface area contributed by atoms with Gasteiger partial charge in [0.05, 0.1) is 0 Å². The van der Waals surface area contributed by atoms with Gasteiger partial charge in [-0.2, -0.15) is 0 Å². The van der Waals surface area contributed by atoms with Crippen LogP contribution in [-0.2, 0) is 6.42 Å². The van der Waals surface area contributed by atoms with Crippen LogP contribution < -0.4 is 5.73 Å². The minimum atomic E-state index is 0.726. The van der Waals surface area contributed by atoms with Crippen LogP contribution in [0.25, 0.3) is 10.8 Å². The number of benzene rings is 1. The van der Waals surface area contributed by atoms with E-state index in [-0.39, 0.29) is 0 Å². The Labute approximate surface area is 90.1 Å². The molecule has 2 aromatic rings. The second-order valence-electron chi connectivity index (χ2n) is 3.82. The maximum atomic E-state index is 5.53. The van der Waals surface area contributed by atoms with E-state index in [9.17, 15) is 0 Å². The van der Waals surface area contributed by atoms with Crippen LogP contribution in [0.1, 0.15) is 17.8 Å². The third-order valence-electron chi connectivity index (χ3n) is 2.57. The van der Waals surface area contributed by atoms with E-state index >= 15 is 0 Å². The Bertz CT molecular complexity index is 463. The van der Waals surface area contributed by atoms with Crippen molar-refractivity contribution in [2.75, 3.05) is 6.54 Å². The Balaban J connectivity index is 2.50. The molecule has 0 radical (unpaired) electrons. The van der Waals surface area contributed by atoms with E-state index in [1.54, 1.807) is 0 Å². The summed E-state index contributed by atoms with van der Waals surface area (Å²) in [4.78, 5) is 4.58. The molecule has 0 unspecified atom stereocenters. The van der Waals surface area contributed by atoms with Crippen molar-refractivity contribution in [3.8, 4) is 0 Å². The van der Waals surface area contributed by atoms with Crippen LogP contribution in [-0.4, -0.2) is 11.5 Å².